The maximum atomic E-state index is 12.7. The Balaban J connectivity index is 2.28. The van der Waals surface area contributed by atoms with Gasteiger partial charge >= 0.3 is 0 Å². The number of hydrogen-bond acceptors (Lipinski definition) is 3. The van der Waals surface area contributed by atoms with Gasteiger partial charge < -0.3 is 15.8 Å². The normalized spacial score (nSPS) is 23.7. The topological polar surface area (TPSA) is 78.9 Å². The molecular formula is C15H21N3O2. The van der Waals surface area contributed by atoms with E-state index < -0.39 is 0 Å². The molecule has 108 valence electrons. The van der Waals surface area contributed by atoms with Crippen LogP contribution in [-0.2, 0) is 0 Å². The van der Waals surface area contributed by atoms with Crippen molar-refractivity contribution in [2.75, 3.05) is 0 Å². The van der Waals surface area contributed by atoms with E-state index in [1.807, 2.05) is 4.90 Å². The number of likely N-dealkylation sites (tertiary alicyclic amines) is 1. The van der Waals surface area contributed by atoms with Gasteiger partial charge in [-0.1, -0.05) is 17.3 Å². The Kier molecular flexibility index (Phi) is 4.27. The fourth-order valence-corrected chi connectivity index (χ4v) is 2.84. The quantitative estimate of drug-likeness (QED) is 0.376. The number of carbonyl (C=O) groups is 1. The molecule has 0 bridgehead atoms. The van der Waals surface area contributed by atoms with E-state index in [1.54, 1.807) is 24.3 Å². The van der Waals surface area contributed by atoms with Crippen LogP contribution in [0.2, 0.25) is 0 Å². The van der Waals surface area contributed by atoms with Crippen LogP contribution in [-0.4, -0.2) is 33.9 Å². The van der Waals surface area contributed by atoms with Gasteiger partial charge in [-0.3, -0.25) is 4.79 Å². The van der Waals surface area contributed by atoms with Crippen LogP contribution in [0.3, 0.4) is 0 Å². The third-order valence-corrected chi connectivity index (χ3v) is 3.94. The van der Waals surface area contributed by atoms with Gasteiger partial charge in [-0.15, -0.1) is 0 Å². The van der Waals surface area contributed by atoms with Gasteiger partial charge in [0.25, 0.3) is 5.91 Å². The van der Waals surface area contributed by atoms with E-state index >= 15 is 0 Å². The van der Waals surface area contributed by atoms with Gasteiger partial charge in [0, 0.05) is 23.2 Å². The minimum absolute atomic E-state index is 0.0114. The molecule has 0 aromatic heterocycles. The minimum Gasteiger partial charge on any atom is -0.409 e. The molecule has 2 atom stereocenters. The highest BCUT2D eigenvalue weighted by Gasteiger charge is 2.29. The second-order valence-corrected chi connectivity index (χ2v) is 5.41. The first-order chi connectivity index (χ1) is 9.54. The SMILES string of the molecule is C[C@@H]1CCC[C@H](C)N1C(=O)c1cccc(/C(N)=N/O)c1. The molecule has 1 aromatic rings. The highest BCUT2D eigenvalue weighted by Crippen LogP contribution is 2.24. The van der Waals surface area contributed by atoms with Crippen LogP contribution < -0.4 is 5.73 Å². The number of benzene rings is 1. The molecule has 20 heavy (non-hydrogen) atoms. The number of piperidine rings is 1. The van der Waals surface area contributed by atoms with Gasteiger partial charge in [0.15, 0.2) is 5.84 Å². The van der Waals surface area contributed by atoms with E-state index in [9.17, 15) is 4.79 Å². The van der Waals surface area contributed by atoms with E-state index in [0.29, 0.717) is 11.1 Å². The Morgan fingerprint density at radius 2 is 1.90 bits per heavy atom. The first kappa shape index (κ1) is 14.4. The van der Waals surface area contributed by atoms with Crippen molar-refractivity contribution in [2.45, 2.75) is 45.2 Å². The smallest absolute Gasteiger partial charge is 0.254 e. The zero-order valence-electron chi connectivity index (χ0n) is 11.9. The van der Waals surface area contributed by atoms with Crippen LogP contribution >= 0.6 is 0 Å². The van der Waals surface area contributed by atoms with Crippen LogP contribution in [0.1, 0.15) is 49.0 Å². The molecule has 3 N–H and O–H groups in total. The maximum Gasteiger partial charge on any atom is 0.254 e. The average Bonchev–Trinajstić information content (AvgIpc) is 2.46. The highest BCUT2D eigenvalue weighted by molar-refractivity contribution is 6.01. The van der Waals surface area contributed by atoms with Gasteiger partial charge in [0.05, 0.1) is 0 Å². The number of amidine groups is 1. The van der Waals surface area contributed by atoms with E-state index in [1.165, 1.54) is 0 Å². The molecule has 0 aliphatic carbocycles. The summed E-state index contributed by atoms with van der Waals surface area (Å²) in [5.74, 6) is 0.0247. The molecule has 0 spiro atoms. The number of carbonyl (C=O) groups excluding carboxylic acids is 1. The molecule has 1 aromatic carbocycles. The van der Waals surface area contributed by atoms with Crippen LogP contribution in [0.4, 0.5) is 0 Å². The van der Waals surface area contributed by atoms with E-state index in [-0.39, 0.29) is 23.8 Å². The minimum atomic E-state index is 0.0114. The van der Waals surface area contributed by atoms with Crippen LogP contribution in [0, 0.1) is 0 Å². The van der Waals surface area contributed by atoms with Gasteiger partial charge in [0.2, 0.25) is 0 Å². The first-order valence-corrected chi connectivity index (χ1v) is 6.95. The number of amides is 1. The molecular weight excluding hydrogens is 254 g/mol. The second kappa shape index (κ2) is 5.94. The molecule has 1 aliphatic heterocycles. The zero-order chi connectivity index (χ0) is 14.7. The Morgan fingerprint density at radius 3 is 2.50 bits per heavy atom. The van der Waals surface area contributed by atoms with Crippen molar-refractivity contribution in [3.8, 4) is 0 Å². The lowest BCUT2D eigenvalue weighted by Crippen LogP contribution is -2.47. The van der Waals surface area contributed by atoms with Gasteiger partial charge in [-0.2, -0.15) is 0 Å². The molecule has 0 saturated carbocycles. The third kappa shape index (κ3) is 2.76. The van der Waals surface area contributed by atoms with Crippen molar-refractivity contribution in [1.82, 2.24) is 4.90 Å². The highest BCUT2D eigenvalue weighted by atomic mass is 16.4. The van der Waals surface area contributed by atoms with Crippen LogP contribution in [0.25, 0.3) is 0 Å². The Morgan fingerprint density at radius 1 is 1.30 bits per heavy atom. The standard InChI is InChI=1S/C15H21N3O2/c1-10-5-3-6-11(2)18(10)15(19)13-8-4-7-12(9-13)14(16)17-20/h4,7-11,20H,3,5-6H2,1-2H3,(H2,16,17)/t10-,11+. The lowest BCUT2D eigenvalue weighted by molar-refractivity contribution is 0.0510. The summed E-state index contributed by atoms with van der Waals surface area (Å²) in [5.41, 5.74) is 6.70. The summed E-state index contributed by atoms with van der Waals surface area (Å²) in [6.45, 7) is 4.17. The third-order valence-electron chi connectivity index (χ3n) is 3.94. The number of oxime groups is 1. The average molecular weight is 275 g/mol. The van der Waals surface area contributed by atoms with Crippen molar-refractivity contribution >= 4 is 11.7 Å². The molecule has 1 aliphatic rings. The maximum absolute atomic E-state index is 12.7. The summed E-state index contributed by atoms with van der Waals surface area (Å²) >= 11 is 0. The van der Waals surface area contributed by atoms with Gasteiger partial charge in [-0.25, -0.2) is 0 Å². The molecule has 1 amide bonds. The predicted molar refractivity (Wildman–Crippen MR) is 77.9 cm³/mol. The van der Waals surface area contributed by atoms with Crippen LogP contribution in [0.15, 0.2) is 29.4 Å². The fraction of sp³-hybridized carbons (Fsp3) is 0.467. The molecule has 5 heteroatoms. The Hall–Kier alpha value is -2.04. The van der Waals surface area contributed by atoms with Gasteiger partial charge in [-0.05, 0) is 45.2 Å². The van der Waals surface area contributed by atoms with Crippen molar-refractivity contribution in [3.05, 3.63) is 35.4 Å². The number of hydrogen-bond donors (Lipinski definition) is 2. The van der Waals surface area contributed by atoms with E-state index in [0.717, 1.165) is 19.3 Å². The monoisotopic (exact) mass is 275 g/mol. The number of nitrogens with two attached hydrogens (primary N) is 1. The number of rotatable bonds is 2. The largest absolute Gasteiger partial charge is 0.409 e. The Bertz CT molecular complexity index is 518. The zero-order valence-corrected chi connectivity index (χ0v) is 11.9. The predicted octanol–water partition coefficient (Wildman–Crippen LogP) is 2.18. The van der Waals surface area contributed by atoms with Crippen molar-refractivity contribution in [1.29, 1.82) is 0 Å². The summed E-state index contributed by atoms with van der Waals surface area (Å²) in [6.07, 6.45) is 3.24. The molecule has 5 nitrogen and oxygen atoms in total. The lowest BCUT2D eigenvalue weighted by Gasteiger charge is -2.39. The first-order valence-electron chi connectivity index (χ1n) is 6.95. The van der Waals surface area contributed by atoms with Gasteiger partial charge in [0.1, 0.15) is 0 Å². The van der Waals surface area contributed by atoms with Crippen molar-refractivity contribution in [2.24, 2.45) is 10.9 Å². The summed E-state index contributed by atoms with van der Waals surface area (Å²) < 4.78 is 0. The number of nitrogens with zero attached hydrogens (tertiary/aromatic N) is 2. The summed E-state index contributed by atoms with van der Waals surface area (Å²) in [7, 11) is 0. The molecule has 1 saturated heterocycles. The van der Waals surface area contributed by atoms with E-state index in [2.05, 4.69) is 19.0 Å². The summed E-state index contributed by atoms with van der Waals surface area (Å²) in [5, 5.41) is 11.7. The lowest BCUT2D eigenvalue weighted by atomic mass is 9.96. The molecule has 2 rings (SSSR count). The van der Waals surface area contributed by atoms with E-state index in [4.69, 9.17) is 10.9 Å². The van der Waals surface area contributed by atoms with Crippen molar-refractivity contribution in [3.63, 3.8) is 0 Å². The molecule has 0 unspecified atom stereocenters. The molecule has 1 heterocycles. The fourth-order valence-electron chi connectivity index (χ4n) is 2.84. The summed E-state index contributed by atoms with van der Waals surface area (Å²) in [6, 6.07) is 7.41. The van der Waals surface area contributed by atoms with Crippen molar-refractivity contribution < 1.29 is 10.0 Å². The second-order valence-electron chi connectivity index (χ2n) is 5.41. The molecule has 1 fully saturated rings. The summed E-state index contributed by atoms with van der Waals surface area (Å²) in [4.78, 5) is 14.6. The van der Waals surface area contributed by atoms with Crippen LogP contribution in [0.5, 0.6) is 0 Å². The molecule has 0 radical (unpaired) electrons. The Labute approximate surface area is 119 Å².